The van der Waals surface area contributed by atoms with Crippen LogP contribution >= 0.6 is 0 Å². The molecule has 0 amide bonds. The van der Waals surface area contributed by atoms with Gasteiger partial charge in [0.05, 0.1) is 23.0 Å². The van der Waals surface area contributed by atoms with Gasteiger partial charge in [0.2, 0.25) is 0 Å². The highest BCUT2D eigenvalue weighted by Gasteiger charge is 2.28. The van der Waals surface area contributed by atoms with Crippen LogP contribution in [0.5, 0.6) is 0 Å². The maximum absolute atomic E-state index is 11.6. The van der Waals surface area contributed by atoms with Gasteiger partial charge in [0.15, 0.2) is 19.7 Å². The normalized spacial score (nSPS) is 25.4. The molecule has 2 aromatic carbocycles. The topological polar surface area (TPSA) is 92.3 Å². The summed E-state index contributed by atoms with van der Waals surface area (Å²) < 4.78 is 46.3. The summed E-state index contributed by atoms with van der Waals surface area (Å²) in [5, 5.41) is 6.59. The third-order valence-electron chi connectivity index (χ3n) is 5.31. The maximum Gasteiger partial charge on any atom is 0.152 e. The van der Waals surface area contributed by atoms with Crippen LogP contribution in [0.1, 0.15) is 12.8 Å². The van der Waals surface area contributed by atoms with Gasteiger partial charge < -0.3 is 10.6 Å². The molecular formula is C20H24N2O4S2. The van der Waals surface area contributed by atoms with Crippen LogP contribution < -0.4 is 10.6 Å². The van der Waals surface area contributed by atoms with Crippen molar-refractivity contribution in [1.82, 2.24) is 0 Å². The number of rotatable bonds is 5. The Morgan fingerprint density at radius 2 is 0.964 bits per heavy atom. The van der Waals surface area contributed by atoms with Crippen molar-refractivity contribution in [2.24, 2.45) is 0 Å². The van der Waals surface area contributed by atoms with Gasteiger partial charge in [-0.15, -0.1) is 0 Å². The molecule has 2 aliphatic rings. The molecule has 0 saturated carbocycles. The lowest BCUT2D eigenvalue weighted by Crippen LogP contribution is -2.20. The monoisotopic (exact) mass is 420 g/mol. The largest absolute Gasteiger partial charge is 0.381 e. The molecule has 2 atom stereocenters. The average Bonchev–Trinajstić information content (AvgIpc) is 3.17. The number of benzene rings is 2. The van der Waals surface area contributed by atoms with Crippen molar-refractivity contribution in [3.63, 3.8) is 0 Å². The molecule has 2 N–H and O–H groups in total. The van der Waals surface area contributed by atoms with E-state index in [0.29, 0.717) is 12.8 Å². The molecule has 2 heterocycles. The first-order valence-electron chi connectivity index (χ1n) is 9.42. The lowest BCUT2D eigenvalue weighted by atomic mass is 10.0. The molecular weight excluding hydrogens is 396 g/mol. The number of hydrogen-bond acceptors (Lipinski definition) is 6. The van der Waals surface area contributed by atoms with Gasteiger partial charge in [-0.2, -0.15) is 0 Å². The second-order valence-corrected chi connectivity index (χ2v) is 12.1. The van der Waals surface area contributed by atoms with Crippen LogP contribution in [0.15, 0.2) is 48.5 Å². The molecule has 2 aromatic rings. The van der Waals surface area contributed by atoms with E-state index in [4.69, 9.17) is 0 Å². The SMILES string of the molecule is O=S1(=O)CCC(Nc2ccc(-c3ccc(NC4CCS(=O)(=O)C4)cc3)cc2)C1. The first kappa shape index (κ1) is 19.3. The fourth-order valence-electron chi connectivity index (χ4n) is 3.81. The Labute approximate surface area is 166 Å². The van der Waals surface area contributed by atoms with Crippen LogP contribution in [0.2, 0.25) is 0 Å². The standard InChI is InChI=1S/C20H24N2O4S2/c23-27(24)11-9-19(13-27)21-17-5-1-15(2-6-17)16-3-7-18(8-4-16)22-20-10-12-28(25,26)14-20/h1-8,19-22H,9-14H2. The summed E-state index contributed by atoms with van der Waals surface area (Å²) in [5.41, 5.74) is 3.98. The third-order valence-corrected chi connectivity index (χ3v) is 8.85. The Kier molecular flexibility index (Phi) is 5.09. The summed E-state index contributed by atoms with van der Waals surface area (Å²) in [6, 6.07) is 15.9. The van der Waals surface area contributed by atoms with Crippen LogP contribution in [-0.4, -0.2) is 51.9 Å². The molecule has 2 aliphatic heterocycles. The predicted molar refractivity (Wildman–Crippen MR) is 113 cm³/mol. The van der Waals surface area contributed by atoms with Gasteiger partial charge in [0, 0.05) is 23.5 Å². The van der Waals surface area contributed by atoms with Crippen LogP contribution in [0.3, 0.4) is 0 Å². The Morgan fingerprint density at radius 1 is 0.607 bits per heavy atom. The summed E-state index contributed by atoms with van der Waals surface area (Å²) >= 11 is 0. The summed E-state index contributed by atoms with van der Waals surface area (Å²) in [7, 11) is -5.78. The van der Waals surface area contributed by atoms with Gasteiger partial charge in [0.1, 0.15) is 0 Å². The second kappa shape index (κ2) is 7.40. The molecule has 28 heavy (non-hydrogen) atoms. The second-order valence-electron chi connectivity index (χ2n) is 7.64. The summed E-state index contributed by atoms with van der Waals surface area (Å²) in [5.74, 6) is 0.920. The molecule has 2 unspecified atom stereocenters. The molecule has 0 aromatic heterocycles. The molecule has 0 aliphatic carbocycles. The Balaban J connectivity index is 1.38. The van der Waals surface area contributed by atoms with E-state index >= 15 is 0 Å². The average molecular weight is 421 g/mol. The van der Waals surface area contributed by atoms with Crippen molar-refractivity contribution in [3.8, 4) is 11.1 Å². The number of sulfone groups is 2. The van der Waals surface area contributed by atoms with E-state index in [1.807, 2.05) is 48.5 Å². The van der Waals surface area contributed by atoms with Crippen molar-refractivity contribution in [2.45, 2.75) is 24.9 Å². The van der Waals surface area contributed by atoms with E-state index in [2.05, 4.69) is 10.6 Å². The third kappa shape index (κ3) is 4.67. The fraction of sp³-hybridized carbons (Fsp3) is 0.400. The smallest absolute Gasteiger partial charge is 0.152 e. The van der Waals surface area contributed by atoms with E-state index in [-0.39, 0.29) is 35.1 Å². The highest BCUT2D eigenvalue weighted by molar-refractivity contribution is 7.91. The van der Waals surface area contributed by atoms with Crippen molar-refractivity contribution in [3.05, 3.63) is 48.5 Å². The molecule has 4 rings (SSSR count). The van der Waals surface area contributed by atoms with Gasteiger partial charge in [-0.3, -0.25) is 0 Å². The first-order chi connectivity index (χ1) is 13.3. The predicted octanol–water partition coefficient (Wildman–Crippen LogP) is 2.55. The van der Waals surface area contributed by atoms with E-state index < -0.39 is 19.7 Å². The van der Waals surface area contributed by atoms with Crippen LogP contribution in [0.25, 0.3) is 11.1 Å². The fourth-order valence-corrected chi connectivity index (χ4v) is 7.15. The lowest BCUT2D eigenvalue weighted by Gasteiger charge is -2.14. The van der Waals surface area contributed by atoms with Crippen molar-refractivity contribution >= 4 is 31.0 Å². The Hall–Kier alpha value is -2.06. The molecule has 2 fully saturated rings. The van der Waals surface area contributed by atoms with Gasteiger partial charge in [0.25, 0.3) is 0 Å². The Morgan fingerprint density at radius 3 is 1.25 bits per heavy atom. The summed E-state index contributed by atoms with van der Waals surface area (Å²) in [6.45, 7) is 0. The molecule has 0 spiro atoms. The van der Waals surface area contributed by atoms with Crippen LogP contribution in [0.4, 0.5) is 11.4 Å². The van der Waals surface area contributed by atoms with E-state index in [0.717, 1.165) is 22.5 Å². The van der Waals surface area contributed by atoms with Gasteiger partial charge in [-0.05, 0) is 48.2 Å². The number of nitrogens with one attached hydrogen (secondary N) is 2. The Bertz CT molecular complexity index is 959. The van der Waals surface area contributed by atoms with Crippen molar-refractivity contribution < 1.29 is 16.8 Å². The minimum atomic E-state index is -2.89. The number of anilines is 2. The van der Waals surface area contributed by atoms with Gasteiger partial charge >= 0.3 is 0 Å². The first-order valence-corrected chi connectivity index (χ1v) is 13.1. The minimum absolute atomic E-state index is 0.0133. The zero-order valence-electron chi connectivity index (χ0n) is 15.5. The van der Waals surface area contributed by atoms with E-state index in [1.54, 1.807) is 0 Å². The highest BCUT2D eigenvalue weighted by atomic mass is 32.2. The summed E-state index contributed by atoms with van der Waals surface area (Å²) in [4.78, 5) is 0. The zero-order chi connectivity index (χ0) is 19.8. The van der Waals surface area contributed by atoms with Crippen molar-refractivity contribution in [2.75, 3.05) is 33.6 Å². The summed E-state index contributed by atoms with van der Waals surface area (Å²) in [6.07, 6.45) is 1.31. The molecule has 150 valence electrons. The van der Waals surface area contributed by atoms with E-state index in [9.17, 15) is 16.8 Å². The highest BCUT2D eigenvalue weighted by Crippen LogP contribution is 2.25. The zero-order valence-corrected chi connectivity index (χ0v) is 17.1. The van der Waals surface area contributed by atoms with Crippen molar-refractivity contribution in [1.29, 1.82) is 0 Å². The molecule has 0 bridgehead atoms. The maximum atomic E-state index is 11.6. The molecule has 6 nitrogen and oxygen atoms in total. The number of hydrogen-bond donors (Lipinski definition) is 2. The van der Waals surface area contributed by atoms with E-state index in [1.165, 1.54) is 0 Å². The van der Waals surface area contributed by atoms with Gasteiger partial charge in [-0.25, -0.2) is 16.8 Å². The quantitative estimate of drug-likeness (QED) is 0.772. The minimum Gasteiger partial charge on any atom is -0.381 e. The molecule has 2 saturated heterocycles. The lowest BCUT2D eigenvalue weighted by molar-refractivity contribution is 0.600. The van der Waals surface area contributed by atoms with Gasteiger partial charge in [-0.1, -0.05) is 24.3 Å². The van der Waals surface area contributed by atoms with Crippen LogP contribution in [0, 0.1) is 0 Å². The molecule has 0 radical (unpaired) electrons. The van der Waals surface area contributed by atoms with Crippen LogP contribution in [-0.2, 0) is 19.7 Å². The molecule has 8 heteroatoms.